The first-order chi connectivity index (χ1) is 11.2. The van der Waals surface area contributed by atoms with Crippen molar-refractivity contribution in [3.05, 3.63) is 11.5 Å². The maximum atomic E-state index is 12.3. The smallest absolute Gasteiger partial charge is 0.212 e. The fourth-order valence-corrected chi connectivity index (χ4v) is 6.29. The van der Waals surface area contributed by atoms with Gasteiger partial charge in [-0.3, -0.25) is 14.7 Å². The van der Waals surface area contributed by atoms with E-state index in [0.717, 1.165) is 31.3 Å². The van der Waals surface area contributed by atoms with Crippen molar-refractivity contribution >= 4 is 33.8 Å². The Kier molecular flexibility index (Phi) is 4.50. The quantitative estimate of drug-likeness (QED) is 0.726. The van der Waals surface area contributed by atoms with Crippen molar-refractivity contribution in [2.75, 3.05) is 26.2 Å². The summed E-state index contributed by atoms with van der Waals surface area (Å²) in [6.07, 6.45) is 8.91. The Bertz CT molecular complexity index is 534. The number of piperazine rings is 1. The van der Waals surface area contributed by atoms with E-state index in [2.05, 4.69) is 22.8 Å². The molecule has 0 amide bonds. The topological polar surface area (TPSA) is 35.9 Å². The zero-order chi connectivity index (χ0) is 15.9. The Morgan fingerprint density at radius 2 is 1.91 bits per heavy atom. The molecule has 126 valence electrons. The molecular formula is C17H25N3OS2. The lowest BCUT2D eigenvalue weighted by atomic mass is 9.81. The monoisotopic (exact) mass is 351 g/mol. The number of amidine groups is 1. The van der Waals surface area contributed by atoms with E-state index in [0.29, 0.717) is 5.54 Å². The fourth-order valence-electron chi connectivity index (χ4n) is 4.21. The summed E-state index contributed by atoms with van der Waals surface area (Å²) in [5.74, 6) is 0. The van der Waals surface area contributed by atoms with Gasteiger partial charge in [-0.25, -0.2) is 0 Å². The summed E-state index contributed by atoms with van der Waals surface area (Å²) in [6.45, 7) is 6.65. The second-order valence-corrected chi connectivity index (χ2v) is 9.26. The second-order valence-electron chi connectivity index (χ2n) is 7.24. The average molecular weight is 352 g/mol. The highest BCUT2D eigenvalue weighted by molar-refractivity contribution is 8.27. The largest absolute Gasteiger partial charge is 0.349 e. The van der Waals surface area contributed by atoms with Crippen LogP contribution in [0.25, 0.3) is 0 Å². The maximum Gasteiger partial charge on any atom is 0.212 e. The van der Waals surface area contributed by atoms with Gasteiger partial charge < -0.3 is 4.90 Å². The van der Waals surface area contributed by atoms with E-state index >= 15 is 0 Å². The van der Waals surface area contributed by atoms with Crippen LogP contribution in [0, 0.1) is 0 Å². The van der Waals surface area contributed by atoms with Crippen LogP contribution in [0.3, 0.4) is 0 Å². The molecule has 2 unspecified atom stereocenters. The van der Waals surface area contributed by atoms with Gasteiger partial charge in [-0.2, -0.15) is 0 Å². The summed E-state index contributed by atoms with van der Waals surface area (Å²) in [5.41, 5.74) is 0.400. The van der Waals surface area contributed by atoms with Gasteiger partial charge in [0.25, 0.3) is 0 Å². The van der Waals surface area contributed by atoms with Crippen LogP contribution in [0.4, 0.5) is 0 Å². The molecule has 1 aliphatic carbocycles. The van der Waals surface area contributed by atoms with Gasteiger partial charge in [0.15, 0.2) is 5.17 Å². The van der Waals surface area contributed by atoms with Crippen molar-refractivity contribution in [1.29, 1.82) is 0 Å². The summed E-state index contributed by atoms with van der Waals surface area (Å²) in [7, 11) is 0. The average Bonchev–Trinajstić information content (AvgIpc) is 3.05. The van der Waals surface area contributed by atoms with E-state index in [-0.39, 0.29) is 16.4 Å². The molecule has 0 radical (unpaired) electrons. The molecular weight excluding hydrogens is 326 g/mol. The summed E-state index contributed by atoms with van der Waals surface area (Å²) >= 11 is 2.98. The molecule has 4 rings (SSSR count). The number of carbonyl (C=O) groups is 1. The SMILES string of the molecule is CC1(N2CCN(C3=NC4C=CSC4C(=O)S3)CC2)CCCCC1. The lowest BCUT2D eigenvalue weighted by molar-refractivity contribution is -0.110. The maximum absolute atomic E-state index is 12.3. The molecule has 4 nitrogen and oxygen atoms in total. The van der Waals surface area contributed by atoms with Crippen LogP contribution in [0.15, 0.2) is 16.5 Å². The Morgan fingerprint density at radius 3 is 2.65 bits per heavy atom. The molecule has 0 spiro atoms. The van der Waals surface area contributed by atoms with E-state index in [1.165, 1.54) is 43.9 Å². The number of carbonyl (C=O) groups excluding carboxylic acids is 1. The van der Waals surface area contributed by atoms with Gasteiger partial charge >= 0.3 is 0 Å². The third kappa shape index (κ3) is 3.10. The van der Waals surface area contributed by atoms with Crippen LogP contribution in [0.5, 0.6) is 0 Å². The van der Waals surface area contributed by atoms with Crippen molar-refractivity contribution in [3.63, 3.8) is 0 Å². The van der Waals surface area contributed by atoms with Gasteiger partial charge in [-0.1, -0.05) is 25.3 Å². The minimum Gasteiger partial charge on any atom is -0.349 e. The van der Waals surface area contributed by atoms with E-state index < -0.39 is 0 Å². The molecule has 2 fully saturated rings. The van der Waals surface area contributed by atoms with Gasteiger partial charge in [0.05, 0.1) is 6.04 Å². The highest BCUT2D eigenvalue weighted by Gasteiger charge is 2.39. The minimum absolute atomic E-state index is 0.0196. The molecule has 2 atom stereocenters. The molecule has 0 aromatic carbocycles. The third-order valence-electron chi connectivity index (χ3n) is 5.74. The Labute approximate surface area is 147 Å². The number of fused-ring (bicyclic) bond motifs is 1. The molecule has 3 aliphatic heterocycles. The van der Waals surface area contributed by atoms with Gasteiger partial charge in [0, 0.05) is 31.7 Å². The van der Waals surface area contributed by atoms with Crippen LogP contribution in [0.2, 0.25) is 0 Å². The van der Waals surface area contributed by atoms with Crippen LogP contribution in [-0.2, 0) is 4.79 Å². The van der Waals surface area contributed by atoms with Crippen molar-refractivity contribution < 1.29 is 4.79 Å². The van der Waals surface area contributed by atoms with E-state index in [4.69, 9.17) is 4.99 Å². The highest BCUT2D eigenvalue weighted by Crippen LogP contribution is 2.37. The predicted molar refractivity (Wildman–Crippen MR) is 99.0 cm³/mol. The van der Waals surface area contributed by atoms with E-state index in [1.807, 2.05) is 5.41 Å². The number of nitrogens with zero attached hydrogens (tertiary/aromatic N) is 3. The fraction of sp³-hybridized carbons (Fsp3) is 0.765. The Hall–Kier alpha value is -0.460. The molecule has 0 N–H and O–H groups in total. The molecule has 3 heterocycles. The molecule has 6 heteroatoms. The first-order valence-corrected chi connectivity index (χ1v) is 10.5. The van der Waals surface area contributed by atoms with Gasteiger partial charge in [-0.15, -0.1) is 11.8 Å². The van der Waals surface area contributed by atoms with Crippen molar-refractivity contribution in [2.45, 2.75) is 55.9 Å². The highest BCUT2D eigenvalue weighted by atomic mass is 32.2. The number of aliphatic imine (C=N–C) groups is 1. The van der Waals surface area contributed by atoms with Crippen LogP contribution in [-0.4, -0.2) is 63.1 Å². The van der Waals surface area contributed by atoms with Crippen molar-refractivity contribution in [1.82, 2.24) is 9.80 Å². The molecule has 1 saturated heterocycles. The Balaban J connectivity index is 1.40. The van der Waals surface area contributed by atoms with Gasteiger partial charge in [0.2, 0.25) is 5.12 Å². The molecule has 1 saturated carbocycles. The zero-order valence-corrected chi connectivity index (χ0v) is 15.4. The lowest BCUT2D eigenvalue weighted by Gasteiger charge is -2.48. The zero-order valence-electron chi connectivity index (χ0n) is 13.7. The number of rotatable bonds is 1. The van der Waals surface area contributed by atoms with Crippen molar-refractivity contribution in [3.8, 4) is 0 Å². The lowest BCUT2D eigenvalue weighted by Crippen LogP contribution is -2.57. The first-order valence-electron chi connectivity index (χ1n) is 8.77. The van der Waals surface area contributed by atoms with Crippen LogP contribution in [0.1, 0.15) is 39.0 Å². The third-order valence-corrected chi connectivity index (χ3v) is 7.99. The summed E-state index contributed by atoms with van der Waals surface area (Å²) in [5, 5.41) is 3.28. The second kappa shape index (κ2) is 6.45. The minimum atomic E-state index is 0.0196. The van der Waals surface area contributed by atoms with Crippen molar-refractivity contribution in [2.24, 2.45) is 4.99 Å². The van der Waals surface area contributed by atoms with Crippen LogP contribution >= 0.6 is 23.5 Å². The summed E-state index contributed by atoms with van der Waals surface area (Å²) in [6, 6.07) is 0.0673. The summed E-state index contributed by atoms with van der Waals surface area (Å²) < 4.78 is 0. The predicted octanol–water partition coefficient (Wildman–Crippen LogP) is 2.95. The van der Waals surface area contributed by atoms with Crippen LogP contribution < -0.4 is 0 Å². The normalized spacial score (nSPS) is 34.4. The number of hydrogen-bond donors (Lipinski definition) is 0. The van der Waals surface area contributed by atoms with E-state index in [9.17, 15) is 4.79 Å². The molecule has 23 heavy (non-hydrogen) atoms. The molecule has 0 aromatic heterocycles. The molecule has 0 aromatic rings. The molecule has 4 aliphatic rings. The standard InChI is InChI=1S/C17H25N3OS2/c1-17(6-3-2-4-7-17)20-10-8-19(9-11-20)16-18-13-5-12-22-14(13)15(21)23-16/h5,12-14H,2-4,6-11H2,1H3. The number of hydrogen-bond acceptors (Lipinski definition) is 6. The Morgan fingerprint density at radius 1 is 1.17 bits per heavy atom. The van der Waals surface area contributed by atoms with Gasteiger partial charge in [0.1, 0.15) is 5.25 Å². The number of thioether (sulfide) groups is 2. The summed E-state index contributed by atoms with van der Waals surface area (Å²) in [4.78, 5) is 22.1. The first kappa shape index (κ1) is 16.0. The van der Waals surface area contributed by atoms with E-state index in [1.54, 1.807) is 11.8 Å². The van der Waals surface area contributed by atoms with Gasteiger partial charge in [-0.05, 0) is 36.9 Å². The molecule has 0 bridgehead atoms.